The first-order valence-electron chi connectivity index (χ1n) is 7.85. The summed E-state index contributed by atoms with van der Waals surface area (Å²) in [5.41, 5.74) is 0.627. The number of hydrogen-bond donors (Lipinski definition) is 1. The van der Waals surface area contributed by atoms with Crippen molar-refractivity contribution in [2.75, 3.05) is 13.2 Å². The minimum absolute atomic E-state index is 0.0528. The highest BCUT2D eigenvalue weighted by Crippen LogP contribution is 2.39. The molecule has 23 heavy (non-hydrogen) atoms. The van der Waals surface area contributed by atoms with Gasteiger partial charge < -0.3 is 14.8 Å². The molecule has 3 rings (SSSR count). The Morgan fingerprint density at radius 2 is 2.17 bits per heavy atom. The Balaban J connectivity index is 1.60. The normalized spacial score (nSPS) is 22.4. The number of ether oxygens (including phenoxy) is 2. The van der Waals surface area contributed by atoms with Crippen molar-refractivity contribution >= 4 is 11.6 Å². The van der Waals surface area contributed by atoms with Gasteiger partial charge in [-0.05, 0) is 25.8 Å². The van der Waals surface area contributed by atoms with Crippen molar-refractivity contribution in [2.24, 2.45) is 0 Å². The van der Waals surface area contributed by atoms with Crippen LogP contribution in [0.5, 0.6) is 0 Å². The number of carbonyl (C=O) groups is 1. The summed E-state index contributed by atoms with van der Waals surface area (Å²) in [7, 11) is 0. The van der Waals surface area contributed by atoms with Crippen molar-refractivity contribution in [3.63, 3.8) is 0 Å². The molecule has 2 aliphatic rings. The Labute approximate surface area is 134 Å². The van der Waals surface area contributed by atoms with E-state index >= 15 is 0 Å². The third-order valence-electron chi connectivity index (χ3n) is 4.52. The Hall–Kier alpha value is -1.99. The molecule has 1 aromatic rings. The van der Waals surface area contributed by atoms with E-state index in [4.69, 9.17) is 9.47 Å². The van der Waals surface area contributed by atoms with Gasteiger partial charge in [0.2, 0.25) is 0 Å². The second kappa shape index (κ2) is 6.25. The summed E-state index contributed by atoms with van der Waals surface area (Å²) in [5, 5.41) is 13.7. The van der Waals surface area contributed by atoms with Crippen LogP contribution < -0.4 is 5.32 Å². The van der Waals surface area contributed by atoms with Crippen LogP contribution in [0, 0.1) is 17.0 Å². The minimum atomic E-state index is -0.482. The first-order valence-corrected chi connectivity index (χ1v) is 7.85. The first kappa shape index (κ1) is 15.9. The number of nitrogens with one attached hydrogen (secondary N) is 1. The Bertz CT molecular complexity index is 625. The van der Waals surface area contributed by atoms with E-state index in [2.05, 4.69) is 5.32 Å². The van der Waals surface area contributed by atoms with Crippen LogP contribution in [0.25, 0.3) is 0 Å². The van der Waals surface area contributed by atoms with Crippen molar-refractivity contribution in [2.45, 2.75) is 44.5 Å². The van der Waals surface area contributed by atoms with E-state index in [-0.39, 0.29) is 17.7 Å². The van der Waals surface area contributed by atoms with Gasteiger partial charge in [0.25, 0.3) is 11.6 Å². The summed E-state index contributed by atoms with van der Waals surface area (Å²) in [5.74, 6) is -0.779. The lowest BCUT2D eigenvalue weighted by Crippen LogP contribution is -2.35. The lowest BCUT2D eigenvalue weighted by Gasteiger charge is -2.22. The molecule has 7 nitrogen and oxygen atoms in total. The zero-order valence-electron chi connectivity index (χ0n) is 13.0. The molecule has 1 saturated carbocycles. The van der Waals surface area contributed by atoms with Crippen LogP contribution in [0.15, 0.2) is 18.2 Å². The molecule has 1 amide bonds. The molecule has 1 spiro atoms. The fraction of sp³-hybridized carbons (Fsp3) is 0.562. The zero-order chi connectivity index (χ0) is 16.4. The predicted molar refractivity (Wildman–Crippen MR) is 82.2 cm³/mol. The van der Waals surface area contributed by atoms with Crippen molar-refractivity contribution in [3.8, 4) is 0 Å². The van der Waals surface area contributed by atoms with Gasteiger partial charge in [-0.3, -0.25) is 14.9 Å². The van der Waals surface area contributed by atoms with E-state index in [1.165, 1.54) is 12.1 Å². The average Bonchev–Trinajstić information content (AvgIpc) is 3.15. The number of carbonyl (C=O) groups excluding carboxylic acids is 1. The summed E-state index contributed by atoms with van der Waals surface area (Å²) in [6.07, 6.45) is 3.84. The Morgan fingerprint density at radius 3 is 2.87 bits per heavy atom. The van der Waals surface area contributed by atoms with Gasteiger partial charge in [0.15, 0.2) is 5.79 Å². The van der Waals surface area contributed by atoms with E-state index < -0.39 is 10.7 Å². The van der Waals surface area contributed by atoms with Gasteiger partial charge in [0.1, 0.15) is 6.10 Å². The van der Waals surface area contributed by atoms with Crippen LogP contribution in [0.1, 0.15) is 41.6 Å². The third kappa shape index (κ3) is 3.20. The maximum absolute atomic E-state index is 12.3. The monoisotopic (exact) mass is 320 g/mol. The number of nitro groups is 1. The van der Waals surface area contributed by atoms with Gasteiger partial charge in [-0.25, -0.2) is 0 Å². The molecule has 1 N–H and O–H groups in total. The second-order valence-electron chi connectivity index (χ2n) is 6.09. The number of hydrogen-bond acceptors (Lipinski definition) is 5. The largest absolute Gasteiger partial charge is 0.349 e. The molecule has 124 valence electrons. The summed E-state index contributed by atoms with van der Waals surface area (Å²) >= 11 is 0. The summed E-state index contributed by atoms with van der Waals surface area (Å²) < 4.78 is 11.7. The number of amides is 1. The topological polar surface area (TPSA) is 90.7 Å². The molecule has 0 aromatic heterocycles. The molecule has 7 heteroatoms. The molecule has 1 unspecified atom stereocenters. The lowest BCUT2D eigenvalue weighted by atomic mass is 10.1. The Kier molecular flexibility index (Phi) is 4.32. The fourth-order valence-electron chi connectivity index (χ4n) is 3.26. The van der Waals surface area contributed by atoms with E-state index in [9.17, 15) is 14.9 Å². The van der Waals surface area contributed by atoms with Gasteiger partial charge in [-0.2, -0.15) is 0 Å². The van der Waals surface area contributed by atoms with Crippen LogP contribution in [-0.4, -0.2) is 35.9 Å². The predicted octanol–water partition coefficient (Wildman–Crippen LogP) is 2.32. The van der Waals surface area contributed by atoms with Crippen molar-refractivity contribution < 1.29 is 19.2 Å². The van der Waals surface area contributed by atoms with E-state index in [0.29, 0.717) is 24.3 Å². The van der Waals surface area contributed by atoms with Gasteiger partial charge in [-0.15, -0.1) is 0 Å². The van der Waals surface area contributed by atoms with E-state index in [1.54, 1.807) is 13.0 Å². The molecular weight excluding hydrogens is 300 g/mol. The highest BCUT2D eigenvalue weighted by atomic mass is 16.7. The molecule has 1 atom stereocenters. The highest BCUT2D eigenvalue weighted by Gasteiger charge is 2.43. The minimum Gasteiger partial charge on any atom is -0.349 e. The van der Waals surface area contributed by atoms with Crippen molar-refractivity contribution in [1.29, 1.82) is 0 Å². The van der Waals surface area contributed by atoms with Gasteiger partial charge >= 0.3 is 0 Å². The van der Waals surface area contributed by atoms with Gasteiger partial charge in [-0.1, -0.05) is 6.07 Å². The SMILES string of the molecule is Cc1c(C(=O)NCC2COC3(CCCC3)O2)cccc1[N+](=O)[O-]. The Morgan fingerprint density at radius 1 is 1.43 bits per heavy atom. The van der Waals surface area contributed by atoms with Crippen LogP contribution in [0.4, 0.5) is 5.69 Å². The van der Waals surface area contributed by atoms with Crippen LogP contribution in [0.2, 0.25) is 0 Å². The van der Waals surface area contributed by atoms with Crippen molar-refractivity contribution in [1.82, 2.24) is 5.32 Å². The van der Waals surface area contributed by atoms with E-state index in [1.807, 2.05) is 0 Å². The smallest absolute Gasteiger partial charge is 0.273 e. The standard InChI is InChI=1S/C16H20N2O5/c1-11-13(5-4-6-14(11)18(20)21)15(19)17-9-12-10-22-16(23-12)7-2-3-8-16/h4-6,12H,2-3,7-10H2,1H3,(H,17,19). The molecule has 1 heterocycles. The van der Waals surface area contributed by atoms with Crippen LogP contribution in [-0.2, 0) is 9.47 Å². The van der Waals surface area contributed by atoms with Crippen LogP contribution in [0.3, 0.4) is 0 Å². The number of benzene rings is 1. The first-order chi connectivity index (χ1) is 11.0. The average molecular weight is 320 g/mol. The van der Waals surface area contributed by atoms with Gasteiger partial charge in [0.05, 0.1) is 11.5 Å². The zero-order valence-corrected chi connectivity index (χ0v) is 13.0. The lowest BCUT2D eigenvalue weighted by molar-refractivity contribution is -0.385. The second-order valence-corrected chi connectivity index (χ2v) is 6.09. The van der Waals surface area contributed by atoms with Crippen molar-refractivity contribution in [3.05, 3.63) is 39.4 Å². The quantitative estimate of drug-likeness (QED) is 0.679. The van der Waals surface area contributed by atoms with Crippen LogP contribution >= 0.6 is 0 Å². The molecule has 0 radical (unpaired) electrons. The highest BCUT2D eigenvalue weighted by molar-refractivity contribution is 5.96. The number of nitro benzene ring substituents is 1. The molecule has 1 aliphatic carbocycles. The van der Waals surface area contributed by atoms with E-state index in [0.717, 1.165) is 25.7 Å². The molecule has 1 saturated heterocycles. The summed E-state index contributed by atoms with van der Waals surface area (Å²) in [4.78, 5) is 22.7. The summed E-state index contributed by atoms with van der Waals surface area (Å²) in [6.45, 7) is 2.38. The fourth-order valence-corrected chi connectivity index (χ4v) is 3.26. The molecule has 1 aliphatic heterocycles. The third-order valence-corrected chi connectivity index (χ3v) is 4.52. The molecule has 2 fully saturated rings. The summed E-state index contributed by atoms with van der Waals surface area (Å²) in [6, 6.07) is 4.49. The maximum atomic E-state index is 12.3. The maximum Gasteiger partial charge on any atom is 0.273 e. The number of rotatable bonds is 4. The molecular formula is C16H20N2O5. The molecule has 1 aromatic carbocycles. The number of nitrogens with zero attached hydrogens (tertiary/aromatic N) is 1. The molecule has 0 bridgehead atoms. The van der Waals surface area contributed by atoms with Gasteiger partial charge in [0, 0.05) is 36.6 Å².